The Morgan fingerprint density at radius 2 is 2.38 bits per heavy atom. The molecule has 6 heteroatoms. The average molecular weight is 258 g/mol. The van der Waals surface area contributed by atoms with Crippen LogP contribution in [0.25, 0.3) is 10.2 Å². The van der Waals surface area contributed by atoms with E-state index in [0.717, 1.165) is 16.0 Å². The fourth-order valence-corrected chi connectivity index (χ4v) is 2.27. The van der Waals surface area contributed by atoms with Crippen molar-refractivity contribution in [3.05, 3.63) is 16.7 Å². The molecule has 86 valence electrons. The second-order valence-electron chi connectivity index (χ2n) is 3.41. The Kier molecular flexibility index (Phi) is 3.58. The summed E-state index contributed by atoms with van der Waals surface area (Å²) in [6.45, 7) is 2.68. The molecule has 2 rings (SSSR count). The summed E-state index contributed by atoms with van der Waals surface area (Å²) >= 11 is 7.39. The third kappa shape index (κ3) is 2.42. The van der Waals surface area contributed by atoms with Crippen LogP contribution in [0.1, 0.15) is 6.92 Å². The molecule has 0 spiro atoms. The van der Waals surface area contributed by atoms with Crippen molar-refractivity contribution in [3.8, 4) is 0 Å². The first-order chi connectivity index (χ1) is 7.70. The second kappa shape index (κ2) is 4.95. The molecule has 0 radical (unpaired) electrons. The Balaban J connectivity index is 2.25. The van der Waals surface area contributed by atoms with Crippen LogP contribution in [0.3, 0.4) is 0 Å². The molecule has 2 aromatic rings. The number of fused-ring (bicyclic) bond motifs is 1. The van der Waals surface area contributed by atoms with E-state index in [1.807, 2.05) is 18.4 Å². The smallest absolute Gasteiger partial charge is 0.225 e. The van der Waals surface area contributed by atoms with Crippen LogP contribution < -0.4 is 5.32 Å². The van der Waals surface area contributed by atoms with E-state index >= 15 is 0 Å². The van der Waals surface area contributed by atoms with E-state index in [0.29, 0.717) is 6.54 Å². The molecule has 1 unspecified atom stereocenters. The van der Waals surface area contributed by atoms with E-state index in [2.05, 4.69) is 15.3 Å². The lowest BCUT2D eigenvalue weighted by atomic mass is 10.3. The maximum atomic E-state index is 5.84. The predicted molar refractivity (Wildman–Crippen MR) is 67.4 cm³/mol. The number of hydrogen-bond acceptors (Lipinski definition) is 5. The number of thiophene rings is 1. The van der Waals surface area contributed by atoms with E-state index in [4.69, 9.17) is 16.3 Å². The van der Waals surface area contributed by atoms with Gasteiger partial charge in [0.1, 0.15) is 10.6 Å². The van der Waals surface area contributed by atoms with Crippen LogP contribution in [0.2, 0.25) is 5.28 Å². The third-order valence-electron chi connectivity index (χ3n) is 2.26. The number of rotatable bonds is 4. The zero-order valence-electron chi connectivity index (χ0n) is 9.03. The Labute approximate surface area is 103 Å². The lowest BCUT2D eigenvalue weighted by Gasteiger charge is -2.11. The van der Waals surface area contributed by atoms with Crippen LogP contribution in [0.5, 0.6) is 0 Å². The topological polar surface area (TPSA) is 47.0 Å². The summed E-state index contributed by atoms with van der Waals surface area (Å²) in [5.41, 5.74) is 0. The van der Waals surface area contributed by atoms with Gasteiger partial charge in [0.25, 0.3) is 0 Å². The van der Waals surface area contributed by atoms with Gasteiger partial charge in [0.15, 0.2) is 0 Å². The van der Waals surface area contributed by atoms with Gasteiger partial charge in [-0.3, -0.25) is 0 Å². The maximum absolute atomic E-state index is 5.84. The SMILES string of the molecule is COC(C)CNc1nc(Cl)nc2sccc12. The van der Waals surface area contributed by atoms with Gasteiger partial charge in [-0.15, -0.1) is 11.3 Å². The van der Waals surface area contributed by atoms with Crippen molar-refractivity contribution in [3.63, 3.8) is 0 Å². The van der Waals surface area contributed by atoms with Gasteiger partial charge in [-0.05, 0) is 30.0 Å². The van der Waals surface area contributed by atoms with Crippen molar-refractivity contribution in [1.29, 1.82) is 0 Å². The lowest BCUT2D eigenvalue weighted by molar-refractivity contribution is 0.128. The number of hydrogen-bond donors (Lipinski definition) is 1. The number of nitrogens with one attached hydrogen (secondary N) is 1. The summed E-state index contributed by atoms with van der Waals surface area (Å²) in [5, 5.41) is 6.45. The van der Waals surface area contributed by atoms with Crippen LogP contribution in [0.15, 0.2) is 11.4 Å². The Bertz CT molecular complexity index is 488. The van der Waals surface area contributed by atoms with Crippen LogP contribution in [0.4, 0.5) is 5.82 Å². The first-order valence-corrected chi connectivity index (χ1v) is 6.14. The molecule has 0 aliphatic rings. The predicted octanol–water partition coefficient (Wildman–Crippen LogP) is 2.79. The van der Waals surface area contributed by atoms with E-state index in [-0.39, 0.29) is 11.4 Å². The maximum Gasteiger partial charge on any atom is 0.225 e. The number of aromatic nitrogens is 2. The molecule has 2 aromatic heterocycles. The fourth-order valence-electron chi connectivity index (χ4n) is 1.29. The van der Waals surface area contributed by atoms with E-state index in [1.54, 1.807) is 18.4 Å². The molecule has 1 N–H and O–H groups in total. The van der Waals surface area contributed by atoms with Crippen molar-refractivity contribution in [2.24, 2.45) is 0 Å². The molecular formula is C10H12ClN3OS. The highest BCUT2D eigenvalue weighted by Gasteiger charge is 2.08. The molecule has 0 aliphatic carbocycles. The van der Waals surface area contributed by atoms with Gasteiger partial charge in [0, 0.05) is 13.7 Å². The molecule has 0 saturated carbocycles. The molecule has 0 aliphatic heterocycles. The molecule has 2 heterocycles. The van der Waals surface area contributed by atoms with E-state index < -0.39 is 0 Å². The van der Waals surface area contributed by atoms with Gasteiger partial charge in [-0.2, -0.15) is 0 Å². The zero-order valence-corrected chi connectivity index (χ0v) is 10.6. The van der Waals surface area contributed by atoms with Crippen molar-refractivity contribution < 1.29 is 4.74 Å². The largest absolute Gasteiger partial charge is 0.380 e. The van der Waals surface area contributed by atoms with E-state index in [9.17, 15) is 0 Å². The summed E-state index contributed by atoms with van der Waals surface area (Å²) in [5.74, 6) is 0.764. The summed E-state index contributed by atoms with van der Waals surface area (Å²) < 4.78 is 5.16. The standard InChI is InChI=1S/C10H12ClN3OS/c1-6(15-2)5-12-8-7-3-4-16-9(7)14-10(11)13-8/h3-4,6H,5H2,1-2H3,(H,12,13,14). The fraction of sp³-hybridized carbons (Fsp3) is 0.400. The first kappa shape index (κ1) is 11.6. The molecular weight excluding hydrogens is 246 g/mol. The molecule has 0 bridgehead atoms. The van der Waals surface area contributed by atoms with Gasteiger partial charge in [-0.1, -0.05) is 0 Å². The average Bonchev–Trinajstić information content (AvgIpc) is 2.73. The van der Waals surface area contributed by atoms with Gasteiger partial charge in [-0.25, -0.2) is 9.97 Å². The Morgan fingerprint density at radius 3 is 3.12 bits per heavy atom. The summed E-state index contributed by atoms with van der Waals surface area (Å²) in [6, 6.07) is 1.98. The van der Waals surface area contributed by atoms with E-state index in [1.165, 1.54) is 0 Å². The van der Waals surface area contributed by atoms with Gasteiger partial charge >= 0.3 is 0 Å². The minimum absolute atomic E-state index is 0.127. The quantitative estimate of drug-likeness (QED) is 0.856. The summed E-state index contributed by atoms with van der Waals surface area (Å²) in [7, 11) is 1.68. The summed E-state index contributed by atoms with van der Waals surface area (Å²) in [6.07, 6.45) is 0.127. The van der Waals surface area contributed by atoms with Gasteiger partial charge in [0.05, 0.1) is 11.5 Å². The Morgan fingerprint density at radius 1 is 1.56 bits per heavy atom. The molecule has 16 heavy (non-hydrogen) atoms. The monoisotopic (exact) mass is 257 g/mol. The molecule has 0 aromatic carbocycles. The highest BCUT2D eigenvalue weighted by molar-refractivity contribution is 7.16. The van der Waals surface area contributed by atoms with Crippen LogP contribution in [-0.2, 0) is 4.74 Å². The molecule has 1 atom stereocenters. The van der Waals surface area contributed by atoms with Crippen LogP contribution >= 0.6 is 22.9 Å². The number of anilines is 1. The van der Waals surface area contributed by atoms with Crippen LogP contribution in [-0.4, -0.2) is 29.7 Å². The molecule has 0 fully saturated rings. The highest BCUT2D eigenvalue weighted by Crippen LogP contribution is 2.26. The number of halogens is 1. The molecule has 0 saturated heterocycles. The van der Waals surface area contributed by atoms with Gasteiger partial charge in [0.2, 0.25) is 5.28 Å². The first-order valence-electron chi connectivity index (χ1n) is 4.88. The minimum atomic E-state index is 0.127. The Hall–Kier alpha value is -0.910. The summed E-state index contributed by atoms with van der Waals surface area (Å²) in [4.78, 5) is 9.22. The van der Waals surface area contributed by atoms with Crippen molar-refractivity contribution >= 4 is 39.0 Å². The third-order valence-corrected chi connectivity index (χ3v) is 3.23. The zero-order chi connectivity index (χ0) is 11.5. The normalized spacial score (nSPS) is 12.9. The van der Waals surface area contributed by atoms with Crippen molar-refractivity contribution in [2.45, 2.75) is 13.0 Å². The molecule has 4 nitrogen and oxygen atoms in total. The molecule has 0 amide bonds. The van der Waals surface area contributed by atoms with Gasteiger partial charge < -0.3 is 10.1 Å². The highest BCUT2D eigenvalue weighted by atomic mass is 35.5. The number of methoxy groups -OCH3 is 1. The van der Waals surface area contributed by atoms with Crippen molar-refractivity contribution in [2.75, 3.05) is 19.0 Å². The van der Waals surface area contributed by atoms with Crippen molar-refractivity contribution in [1.82, 2.24) is 9.97 Å². The van der Waals surface area contributed by atoms with Crippen LogP contribution in [0, 0.1) is 0 Å². The second-order valence-corrected chi connectivity index (χ2v) is 4.64. The number of ether oxygens (including phenoxy) is 1. The number of nitrogens with zero attached hydrogens (tertiary/aromatic N) is 2. The minimum Gasteiger partial charge on any atom is -0.380 e. The lowest BCUT2D eigenvalue weighted by Crippen LogP contribution is -2.18.